The van der Waals surface area contributed by atoms with Gasteiger partial charge in [0.2, 0.25) is 0 Å². The third-order valence-corrected chi connectivity index (χ3v) is 5.74. The first-order valence-corrected chi connectivity index (χ1v) is 9.41. The Balaban J connectivity index is 1.25. The molecular weight excluding hydrogens is 244 g/mol. The quantitative estimate of drug-likeness (QED) is 0.676. The zero-order valence-corrected chi connectivity index (χ0v) is 13.3. The highest BCUT2D eigenvalue weighted by molar-refractivity contribution is 4.87. The predicted molar refractivity (Wildman–Crippen MR) is 86.0 cm³/mol. The normalized spacial score (nSPS) is 31.2. The minimum Gasteiger partial charge on any atom is -0.314 e. The second-order valence-corrected chi connectivity index (χ2v) is 7.43. The van der Waals surface area contributed by atoms with E-state index < -0.39 is 0 Å². The summed E-state index contributed by atoms with van der Waals surface area (Å²) in [5, 5.41) is 3.62. The molecule has 20 heavy (non-hydrogen) atoms. The first kappa shape index (κ1) is 14.8. The zero-order chi connectivity index (χ0) is 13.6. The van der Waals surface area contributed by atoms with E-state index in [4.69, 9.17) is 0 Å². The molecule has 0 amide bonds. The van der Waals surface area contributed by atoms with Crippen molar-refractivity contribution in [3.05, 3.63) is 0 Å². The number of fused-ring (bicyclic) bond motifs is 1. The number of nitrogens with zero attached hydrogens (tertiary/aromatic N) is 1. The molecule has 3 rings (SSSR count). The summed E-state index contributed by atoms with van der Waals surface area (Å²) in [5.41, 5.74) is 0. The molecule has 0 bridgehead atoms. The fourth-order valence-corrected chi connectivity index (χ4v) is 4.39. The fraction of sp³-hybridized carbons (Fsp3) is 1.00. The van der Waals surface area contributed by atoms with E-state index in [0.717, 1.165) is 18.0 Å². The monoisotopic (exact) mass is 278 g/mol. The number of piperidine rings is 1. The predicted octanol–water partition coefficient (Wildman–Crippen LogP) is 3.95. The Morgan fingerprint density at radius 3 is 2.50 bits per heavy atom. The molecule has 2 atom stereocenters. The molecule has 1 heterocycles. The minimum absolute atomic E-state index is 0.895. The summed E-state index contributed by atoms with van der Waals surface area (Å²) in [6, 6.07) is 1.86. The summed E-state index contributed by atoms with van der Waals surface area (Å²) in [7, 11) is 0. The van der Waals surface area contributed by atoms with Gasteiger partial charge in [0, 0.05) is 12.1 Å². The van der Waals surface area contributed by atoms with Crippen LogP contribution in [0.3, 0.4) is 0 Å². The van der Waals surface area contributed by atoms with Gasteiger partial charge in [0.15, 0.2) is 0 Å². The van der Waals surface area contributed by atoms with Gasteiger partial charge in [-0.05, 0) is 76.9 Å². The van der Waals surface area contributed by atoms with E-state index in [1.165, 1.54) is 96.7 Å². The second kappa shape index (κ2) is 7.79. The molecule has 116 valence electrons. The fourth-order valence-electron chi connectivity index (χ4n) is 4.39. The molecule has 0 aromatic rings. The Morgan fingerprint density at radius 1 is 0.800 bits per heavy atom. The number of likely N-dealkylation sites (tertiary alicyclic amines) is 1. The molecule has 2 saturated carbocycles. The molecule has 0 radical (unpaired) electrons. The molecule has 2 nitrogen and oxygen atoms in total. The van der Waals surface area contributed by atoms with Gasteiger partial charge >= 0.3 is 0 Å². The van der Waals surface area contributed by atoms with E-state index in [2.05, 4.69) is 10.2 Å². The van der Waals surface area contributed by atoms with E-state index in [1.54, 1.807) is 0 Å². The van der Waals surface area contributed by atoms with Crippen molar-refractivity contribution in [1.29, 1.82) is 0 Å². The van der Waals surface area contributed by atoms with Gasteiger partial charge in [-0.3, -0.25) is 0 Å². The summed E-state index contributed by atoms with van der Waals surface area (Å²) in [5.74, 6) is 1.06. The second-order valence-electron chi connectivity index (χ2n) is 7.43. The van der Waals surface area contributed by atoms with Crippen molar-refractivity contribution in [2.24, 2.45) is 5.92 Å². The number of rotatable bonds is 8. The lowest BCUT2D eigenvalue weighted by Gasteiger charge is -2.44. The van der Waals surface area contributed by atoms with Gasteiger partial charge in [-0.15, -0.1) is 0 Å². The molecule has 2 aliphatic carbocycles. The summed E-state index contributed by atoms with van der Waals surface area (Å²) in [6.45, 7) is 4.04. The van der Waals surface area contributed by atoms with E-state index in [0.29, 0.717) is 0 Å². The van der Waals surface area contributed by atoms with Crippen molar-refractivity contribution in [3.63, 3.8) is 0 Å². The third-order valence-electron chi connectivity index (χ3n) is 5.74. The molecule has 1 aliphatic heterocycles. The van der Waals surface area contributed by atoms with Gasteiger partial charge in [0.25, 0.3) is 0 Å². The Morgan fingerprint density at radius 2 is 1.60 bits per heavy atom. The summed E-state index contributed by atoms with van der Waals surface area (Å²) < 4.78 is 0. The molecule has 1 saturated heterocycles. The van der Waals surface area contributed by atoms with Crippen LogP contribution < -0.4 is 5.32 Å². The largest absolute Gasteiger partial charge is 0.314 e. The van der Waals surface area contributed by atoms with Crippen LogP contribution in [-0.4, -0.2) is 36.6 Å². The standard InChI is InChI=1S/C18H34N2/c1(5-13-19-17-11-12-17)2-6-14-20-15-7-9-16-8-3-4-10-18(16)20/h16-19H,1-15H2. The lowest BCUT2D eigenvalue weighted by molar-refractivity contribution is 0.0595. The van der Waals surface area contributed by atoms with Crippen molar-refractivity contribution in [2.45, 2.75) is 89.1 Å². The summed E-state index contributed by atoms with van der Waals surface area (Å²) in [4.78, 5) is 2.86. The van der Waals surface area contributed by atoms with Crippen LogP contribution in [0.25, 0.3) is 0 Å². The van der Waals surface area contributed by atoms with E-state index >= 15 is 0 Å². The maximum atomic E-state index is 3.62. The Bertz CT molecular complexity index is 273. The average Bonchev–Trinajstić information content (AvgIpc) is 3.30. The van der Waals surface area contributed by atoms with Gasteiger partial charge in [0.05, 0.1) is 0 Å². The third kappa shape index (κ3) is 4.46. The van der Waals surface area contributed by atoms with Gasteiger partial charge in [-0.25, -0.2) is 0 Å². The SMILES string of the molecule is C(CCCN1CCCC2CCCCC21)CCNC1CC1. The van der Waals surface area contributed by atoms with E-state index in [9.17, 15) is 0 Å². The smallest absolute Gasteiger partial charge is 0.0123 e. The van der Waals surface area contributed by atoms with Crippen molar-refractivity contribution >= 4 is 0 Å². The molecule has 2 unspecified atom stereocenters. The molecule has 3 aliphatic rings. The lowest BCUT2D eigenvalue weighted by atomic mass is 9.78. The van der Waals surface area contributed by atoms with E-state index in [-0.39, 0.29) is 0 Å². The first-order valence-electron chi connectivity index (χ1n) is 9.41. The molecule has 0 spiro atoms. The highest BCUT2D eigenvalue weighted by Crippen LogP contribution is 2.35. The Labute approximate surface area is 125 Å². The van der Waals surface area contributed by atoms with E-state index in [1.807, 2.05) is 0 Å². The lowest BCUT2D eigenvalue weighted by Crippen LogP contribution is -2.47. The van der Waals surface area contributed by atoms with Gasteiger partial charge in [0.1, 0.15) is 0 Å². The van der Waals surface area contributed by atoms with Crippen LogP contribution in [0.2, 0.25) is 0 Å². The molecule has 0 aromatic carbocycles. The zero-order valence-electron chi connectivity index (χ0n) is 13.3. The van der Waals surface area contributed by atoms with Crippen molar-refractivity contribution in [3.8, 4) is 0 Å². The molecule has 3 fully saturated rings. The maximum absolute atomic E-state index is 3.62. The van der Waals surface area contributed by atoms with Crippen LogP contribution in [0.1, 0.15) is 77.0 Å². The highest BCUT2D eigenvalue weighted by atomic mass is 15.2. The van der Waals surface area contributed by atoms with Crippen molar-refractivity contribution in [1.82, 2.24) is 10.2 Å². The molecular formula is C18H34N2. The van der Waals surface area contributed by atoms with Gasteiger partial charge in [-0.1, -0.05) is 25.7 Å². The molecule has 2 heteroatoms. The highest BCUT2D eigenvalue weighted by Gasteiger charge is 2.32. The van der Waals surface area contributed by atoms with Crippen LogP contribution in [0.4, 0.5) is 0 Å². The Kier molecular flexibility index (Phi) is 5.78. The minimum atomic E-state index is 0.895. The molecule has 1 N–H and O–H groups in total. The number of nitrogens with one attached hydrogen (secondary N) is 1. The summed E-state index contributed by atoms with van der Waals surface area (Å²) in [6.07, 6.45) is 17.6. The Hall–Kier alpha value is -0.0800. The summed E-state index contributed by atoms with van der Waals surface area (Å²) >= 11 is 0. The van der Waals surface area contributed by atoms with Crippen LogP contribution in [-0.2, 0) is 0 Å². The first-order chi connectivity index (χ1) is 9.93. The number of hydrogen-bond donors (Lipinski definition) is 1. The van der Waals surface area contributed by atoms with Crippen LogP contribution >= 0.6 is 0 Å². The maximum Gasteiger partial charge on any atom is 0.0123 e. The molecule has 0 aromatic heterocycles. The average molecular weight is 278 g/mol. The van der Waals surface area contributed by atoms with Gasteiger partial charge in [-0.2, -0.15) is 0 Å². The van der Waals surface area contributed by atoms with Crippen LogP contribution in [0, 0.1) is 5.92 Å². The number of hydrogen-bond acceptors (Lipinski definition) is 2. The number of unbranched alkanes of at least 4 members (excludes halogenated alkanes) is 3. The van der Waals surface area contributed by atoms with Crippen LogP contribution in [0.15, 0.2) is 0 Å². The topological polar surface area (TPSA) is 15.3 Å². The van der Waals surface area contributed by atoms with Gasteiger partial charge < -0.3 is 10.2 Å². The van der Waals surface area contributed by atoms with Crippen LogP contribution in [0.5, 0.6) is 0 Å². The van der Waals surface area contributed by atoms with Crippen molar-refractivity contribution in [2.75, 3.05) is 19.6 Å². The van der Waals surface area contributed by atoms with Crippen molar-refractivity contribution < 1.29 is 0 Å².